The van der Waals surface area contributed by atoms with Crippen LogP contribution in [0.5, 0.6) is 0 Å². The molecule has 0 aromatic rings. The van der Waals surface area contributed by atoms with Crippen molar-refractivity contribution in [2.24, 2.45) is 0 Å². The van der Waals surface area contributed by atoms with E-state index in [0.29, 0.717) is 26.0 Å². The second-order valence-corrected chi connectivity index (χ2v) is 6.02. The third kappa shape index (κ3) is 7.44. The van der Waals surface area contributed by atoms with Crippen LogP contribution in [0.15, 0.2) is 12.2 Å². The number of nitrogens with zero attached hydrogens (tertiary/aromatic N) is 1. The van der Waals surface area contributed by atoms with Gasteiger partial charge in [0.25, 0.3) is 11.8 Å². The van der Waals surface area contributed by atoms with E-state index in [9.17, 15) is 24.2 Å². The standard InChI is InChI=1S/C16H27FN2O7/c17-11(15(24)16(25)12(21)10-20)9-18-26-8-4-2-1-3-7-19-13(22)5-6-14(19)23/h5-6,11-12,15-16,18,20-21,24-25H,1-4,7-10H2. The van der Waals surface area contributed by atoms with Gasteiger partial charge in [-0.25, -0.2) is 4.39 Å². The normalized spacial score (nSPS) is 19.0. The fourth-order valence-electron chi connectivity index (χ4n) is 2.33. The molecule has 1 rings (SSSR count). The van der Waals surface area contributed by atoms with Crippen LogP contribution in [-0.2, 0) is 14.4 Å². The summed E-state index contributed by atoms with van der Waals surface area (Å²) in [5.41, 5.74) is 2.33. The van der Waals surface area contributed by atoms with Crippen molar-refractivity contribution in [2.45, 2.75) is 50.2 Å². The van der Waals surface area contributed by atoms with Gasteiger partial charge in [-0.3, -0.25) is 14.5 Å². The van der Waals surface area contributed by atoms with Gasteiger partial charge in [-0.05, 0) is 12.8 Å². The van der Waals surface area contributed by atoms with Gasteiger partial charge in [0.2, 0.25) is 0 Å². The Labute approximate surface area is 151 Å². The van der Waals surface area contributed by atoms with Crippen molar-refractivity contribution in [3.05, 3.63) is 12.2 Å². The molecule has 1 aliphatic rings. The number of imide groups is 1. The van der Waals surface area contributed by atoms with Crippen LogP contribution in [-0.4, -0.2) is 87.9 Å². The number of amides is 2. The summed E-state index contributed by atoms with van der Waals surface area (Å²) in [6.45, 7) is -0.491. The second-order valence-electron chi connectivity index (χ2n) is 6.02. The molecule has 0 aliphatic carbocycles. The molecule has 0 saturated heterocycles. The minimum absolute atomic E-state index is 0.290. The molecule has 26 heavy (non-hydrogen) atoms. The number of alkyl halides is 1. The molecule has 10 heteroatoms. The van der Waals surface area contributed by atoms with Crippen LogP contribution in [0.25, 0.3) is 0 Å². The van der Waals surface area contributed by atoms with Crippen LogP contribution in [0.3, 0.4) is 0 Å². The van der Waals surface area contributed by atoms with E-state index in [1.54, 1.807) is 0 Å². The summed E-state index contributed by atoms with van der Waals surface area (Å²) >= 11 is 0. The number of carbonyl (C=O) groups is 2. The number of carbonyl (C=O) groups excluding carboxylic acids is 2. The first-order chi connectivity index (χ1) is 12.4. The average molecular weight is 378 g/mol. The highest BCUT2D eigenvalue weighted by atomic mass is 19.1. The first-order valence-corrected chi connectivity index (χ1v) is 8.55. The molecule has 9 nitrogen and oxygen atoms in total. The van der Waals surface area contributed by atoms with Gasteiger partial charge in [0.05, 0.1) is 19.8 Å². The lowest BCUT2D eigenvalue weighted by atomic mass is 10.0. The third-order valence-electron chi connectivity index (χ3n) is 3.96. The van der Waals surface area contributed by atoms with Gasteiger partial charge in [-0.1, -0.05) is 12.8 Å². The summed E-state index contributed by atoms with van der Waals surface area (Å²) < 4.78 is 13.6. The highest BCUT2D eigenvalue weighted by Gasteiger charge is 2.31. The lowest BCUT2D eigenvalue weighted by Crippen LogP contribution is -2.47. The number of rotatable bonds is 14. The SMILES string of the molecule is O=C1C=CC(=O)N1CCCCCCONCC(F)C(O)C(O)C(O)CO. The summed E-state index contributed by atoms with van der Waals surface area (Å²) in [6, 6.07) is 0. The molecular formula is C16H27FN2O7. The van der Waals surface area contributed by atoms with Crippen molar-refractivity contribution >= 4 is 11.8 Å². The number of nitrogens with one attached hydrogen (secondary N) is 1. The van der Waals surface area contributed by atoms with Crippen molar-refractivity contribution in [1.82, 2.24) is 10.4 Å². The summed E-state index contributed by atoms with van der Waals surface area (Å²) in [4.78, 5) is 28.8. The lowest BCUT2D eigenvalue weighted by Gasteiger charge is -2.24. The zero-order valence-electron chi connectivity index (χ0n) is 14.5. The smallest absolute Gasteiger partial charge is 0.253 e. The zero-order valence-corrected chi connectivity index (χ0v) is 14.5. The van der Waals surface area contributed by atoms with E-state index < -0.39 is 31.1 Å². The Bertz CT molecular complexity index is 460. The zero-order chi connectivity index (χ0) is 19.5. The molecule has 0 spiro atoms. The molecular weight excluding hydrogens is 351 g/mol. The molecule has 1 heterocycles. The van der Waals surface area contributed by atoms with Gasteiger partial charge in [-0.2, -0.15) is 5.48 Å². The predicted molar refractivity (Wildman–Crippen MR) is 88.3 cm³/mol. The number of aliphatic hydroxyl groups excluding tert-OH is 4. The van der Waals surface area contributed by atoms with E-state index in [1.165, 1.54) is 17.1 Å². The Morgan fingerprint density at radius 3 is 2.27 bits per heavy atom. The maximum atomic E-state index is 13.6. The monoisotopic (exact) mass is 378 g/mol. The van der Waals surface area contributed by atoms with Gasteiger partial charge in [0.15, 0.2) is 0 Å². The van der Waals surface area contributed by atoms with Crippen LogP contribution in [0, 0.1) is 0 Å². The summed E-state index contributed by atoms with van der Waals surface area (Å²) in [5.74, 6) is -0.579. The number of hydrogen-bond acceptors (Lipinski definition) is 8. The number of unbranched alkanes of at least 4 members (excludes halogenated alkanes) is 3. The van der Waals surface area contributed by atoms with Crippen LogP contribution in [0.1, 0.15) is 25.7 Å². The molecule has 5 N–H and O–H groups in total. The van der Waals surface area contributed by atoms with Gasteiger partial charge < -0.3 is 25.3 Å². The quantitative estimate of drug-likeness (QED) is 0.138. The molecule has 150 valence electrons. The van der Waals surface area contributed by atoms with Crippen molar-refractivity contribution < 1.29 is 39.2 Å². The first-order valence-electron chi connectivity index (χ1n) is 8.55. The Hall–Kier alpha value is -1.43. The fourth-order valence-corrected chi connectivity index (χ4v) is 2.33. The number of aliphatic hydroxyl groups is 4. The molecule has 0 bridgehead atoms. The minimum atomic E-state index is -1.88. The number of hydrogen-bond donors (Lipinski definition) is 5. The fraction of sp³-hybridized carbons (Fsp3) is 0.750. The molecule has 0 aromatic carbocycles. The lowest BCUT2D eigenvalue weighted by molar-refractivity contribution is -0.136. The van der Waals surface area contributed by atoms with E-state index in [4.69, 9.17) is 15.1 Å². The first kappa shape index (κ1) is 22.6. The Morgan fingerprint density at radius 1 is 1.04 bits per heavy atom. The molecule has 0 fully saturated rings. The van der Waals surface area contributed by atoms with Gasteiger partial charge in [0, 0.05) is 18.7 Å². The number of hydroxylamine groups is 1. The molecule has 2 amide bonds. The van der Waals surface area contributed by atoms with Gasteiger partial charge in [-0.15, -0.1) is 0 Å². The highest BCUT2D eigenvalue weighted by molar-refractivity contribution is 6.12. The third-order valence-corrected chi connectivity index (χ3v) is 3.96. The van der Waals surface area contributed by atoms with E-state index in [1.807, 2.05) is 0 Å². The molecule has 0 radical (unpaired) electrons. The average Bonchev–Trinajstić information content (AvgIpc) is 2.96. The Morgan fingerprint density at radius 2 is 1.65 bits per heavy atom. The maximum Gasteiger partial charge on any atom is 0.253 e. The molecule has 1 aliphatic heterocycles. The van der Waals surface area contributed by atoms with Crippen LogP contribution in [0.2, 0.25) is 0 Å². The molecule has 0 saturated carbocycles. The van der Waals surface area contributed by atoms with Gasteiger partial charge in [0.1, 0.15) is 24.5 Å². The Balaban J connectivity index is 1.99. The van der Waals surface area contributed by atoms with Crippen LogP contribution >= 0.6 is 0 Å². The van der Waals surface area contributed by atoms with E-state index in [-0.39, 0.29) is 18.4 Å². The summed E-state index contributed by atoms with van der Waals surface area (Å²) in [7, 11) is 0. The van der Waals surface area contributed by atoms with Crippen molar-refractivity contribution in [3.8, 4) is 0 Å². The van der Waals surface area contributed by atoms with Crippen molar-refractivity contribution in [1.29, 1.82) is 0 Å². The molecule has 4 unspecified atom stereocenters. The topological polar surface area (TPSA) is 140 Å². The largest absolute Gasteiger partial charge is 0.394 e. The number of halogens is 1. The Kier molecular flexibility index (Phi) is 10.5. The van der Waals surface area contributed by atoms with E-state index in [0.717, 1.165) is 12.8 Å². The van der Waals surface area contributed by atoms with Crippen LogP contribution in [0.4, 0.5) is 4.39 Å². The molecule has 4 atom stereocenters. The summed E-state index contributed by atoms with van der Waals surface area (Å²) in [6.07, 6.45) is -1.66. The van der Waals surface area contributed by atoms with Crippen molar-refractivity contribution in [3.63, 3.8) is 0 Å². The van der Waals surface area contributed by atoms with Gasteiger partial charge >= 0.3 is 0 Å². The molecule has 0 aromatic heterocycles. The van der Waals surface area contributed by atoms with Crippen LogP contribution < -0.4 is 5.48 Å². The van der Waals surface area contributed by atoms with Crippen molar-refractivity contribution in [2.75, 3.05) is 26.3 Å². The minimum Gasteiger partial charge on any atom is -0.394 e. The second kappa shape index (κ2) is 12.0. The highest BCUT2D eigenvalue weighted by Crippen LogP contribution is 2.09. The summed E-state index contributed by atoms with van der Waals surface area (Å²) in [5, 5.41) is 36.6. The predicted octanol–water partition coefficient (Wildman–Crippen LogP) is -1.59. The van der Waals surface area contributed by atoms with E-state index >= 15 is 0 Å². The van der Waals surface area contributed by atoms with E-state index in [2.05, 4.69) is 5.48 Å². The maximum absolute atomic E-state index is 13.6.